The molecule has 0 aromatic heterocycles. The number of hydrogen-bond donors (Lipinski definition) is 1. The fraction of sp³-hybridized carbons (Fsp3) is 0.455. The van der Waals surface area contributed by atoms with Crippen molar-refractivity contribution in [3.8, 4) is 5.75 Å². The van der Waals surface area contributed by atoms with Crippen molar-refractivity contribution in [3.05, 3.63) is 67.2 Å². The molecule has 1 N–H and O–H groups in total. The second kappa shape index (κ2) is 10.7. The molecule has 1 aromatic rings. The van der Waals surface area contributed by atoms with Crippen molar-refractivity contribution in [2.45, 2.75) is 44.8 Å². The van der Waals surface area contributed by atoms with Crippen LogP contribution in [0.5, 0.6) is 5.75 Å². The van der Waals surface area contributed by atoms with Gasteiger partial charge in [0.25, 0.3) is 0 Å². The summed E-state index contributed by atoms with van der Waals surface area (Å²) in [5.74, 6) is 0.645. The summed E-state index contributed by atoms with van der Waals surface area (Å²) < 4.78 is 17.0. The van der Waals surface area contributed by atoms with E-state index in [4.69, 9.17) is 14.2 Å². The highest BCUT2D eigenvalue weighted by atomic mass is 16.6. The molecule has 2 rings (SSSR count). The maximum atomic E-state index is 10.1. The molecule has 0 amide bonds. The number of allylic oxidation sites excluding steroid dienone is 1. The lowest BCUT2D eigenvalue weighted by Gasteiger charge is -2.26. The first-order chi connectivity index (χ1) is 12.6. The zero-order valence-electron chi connectivity index (χ0n) is 15.6. The number of rotatable bonds is 12. The molecule has 0 spiro atoms. The van der Waals surface area contributed by atoms with E-state index < -0.39 is 5.79 Å². The minimum absolute atomic E-state index is 0.321. The summed E-state index contributed by atoms with van der Waals surface area (Å²) in [6, 6.07) is 9.87. The third-order valence-electron chi connectivity index (χ3n) is 4.32. The van der Waals surface area contributed by atoms with Gasteiger partial charge in [0.1, 0.15) is 11.5 Å². The van der Waals surface area contributed by atoms with Crippen LogP contribution in [0.4, 0.5) is 0 Å². The quantitative estimate of drug-likeness (QED) is 0.325. The van der Waals surface area contributed by atoms with E-state index in [1.165, 1.54) is 25.5 Å². The van der Waals surface area contributed by atoms with Crippen LogP contribution in [0.25, 0.3) is 0 Å². The van der Waals surface area contributed by atoms with Gasteiger partial charge in [0, 0.05) is 12.3 Å². The lowest BCUT2D eigenvalue weighted by molar-refractivity contribution is -0.124. The molecule has 0 radical (unpaired) electrons. The SMILES string of the molecule is C=COC1(O)C=CC(OCC(CCCCC)COc2ccccc2)=CC1. The fourth-order valence-electron chi connectivity index (χ4n) is 2.78. The maximum Gasteiger partial charge on any atom is 0.231 e. The number of para-hydroxylation sites is 1. The number of aliphatic hydroxyl groups is 1. The van der Waals surface area contributed by atoms with Crippen molar-refractivity contribution in [1.82, 2.24) is 0 Å². The van der Waals surface area contributed by atoms with Crippen LogP contribution in [0.2, 0.25) is 0 Å². The zero-order chi connectivity index (χ0) is 18.7. The standard InChI is InChI=1S/C22H30O4/c1-3-5-7-10-19(17-24-20-11-8-6-9-12-20)18-25-21-13-15-22(23,16-14-21)26-4-2/h4,6,8-9,11-15,19,23H,2-3,5,7,10,16-18H2,1H3. The largest absolute Gasteiger partial charge is 0.494 e. The smallest absolute Gasteiger partial charge is 0.231 e. The van der Waals surface area contributed by atoms with Gasteiger partial charge in [-0.1, -0.05) is 51.0 Å². The van der Waals surface area contributed by atoms with E-state index in [-0.39, 0.29) is 0 Å². The number of benzene rings is 1. The summed E-state index contributed by atoms with van der Waals surface area (Å²) in [4.78, 5) is 0. The third kappa shape index (κ3) is 6.96. The highest BCUT2D eigenvalue weighted by Gasteiger charge is 2.26. The molecular formula is C22H30O4. The molecule has 2 unspecified atom stereocenters. The van der Waals surface area contributed by atoms with Crippen molar-refractivity contribution in [1.29, 1.82) is 0 Å². The van der Waals surface area contributed by atoms with Crippen LogP contribution in [0.3, 0.4) is 0 Å². The molecule has 0 heterocycles. The summed E-state index contributed by atoms with van der Waals surface area (Å²) in [5, 5.41) is 10.1. The number of hydrogen-bond acceptors (Lipinski definition) is 4. The topological polar surface area (TPSA) is 47.9 Å². The third-order valence-corrected chi connectivity index (χ3v) is 4.32. The first-order valence-corrected chi connectivity index (χ1v) is 9.36. The summed E-state index contributed by atoms with van der Waals surface area (Å²) in [6.45, 7) is 6.91. The first kappa shape index (κ1) is 20.1. The van der Waals surface area contributed by atoms with Gasteiger partial charge in [-0.2, -0.15) is 0 Å². The van der Waals surface area contributed by atoms with Crippen molar-refractivity contribution in [3.63, 3.8) is 0 Å². The fourth-order valence-corrected chi connectivity index (χ4v) is 2.78. The van der Waals surface area contributed by atoms with Crippen LogP contribution in [-0.4, -0.2) is 24.1 Å². The Morgan fingerprint density at radius 3 is 2.62 bits per heavy atom. The predicted molar refractivity (Wildman–Crippen MR) is 104 cm³/mol. The van der Waals surface area contributed by atoms with Gasteiger partial charge in [-0.3, -0.25) is 0 Å². The molecule has 0 saturated heterocycles. The van der Waals surface area contributed by atoms with Crippen molar-refractivity contribution in [2.24, 2.45) is 5.92 Å². The Labute approximate surface area is 156 Å². The van der Waals surface area contributed by atoms with Crippen LogP contribution < -0.4 is 4.74 Å². The van der Waals surface area contributed by atoms with Crippen LogP contribution >= 0.6 is 0 Å². The van der Waals surface area contributed by atoms with E-state index in [9.17, 15) is 5.11 Å². The molecule has 142 valence electrons. The molecule has 4 nitrogen and oxygen atoms in total. The summed E-state index contributed by atoms with van der Waals surface area (Å²) >= 11 is 0. The molecule has 0 fully saturated rings. The Kier molecular flexibility index (Phi) is 8.29. The van der Waals surface area contributed by atoms with Gasteiger partial charge in [-0.25, -0.2) is 0 Å². The van der Waals surface area contributed by atoms with Gasteiger partial charge >= 0.3 is 0 Å². The Morgan fingerprint density at radius 1 is 1.19 bits per heavy atom. The maximum absolute atomic E-state index is 10.1. The van der Waals surface area contributed by atoms with Crippen LogP contribution in [-0.2, 0) is 9.47 Å². The molecule has 2 atom stereocenters. The Hall–Kier alpha value is -2.20. The normalized spacial score (nSPS) is 20.2. The number of unbranched alkanes of at least 4 members (excludes halogenated alkanes) is 2. The van der Waals surface area contributed by atoms with Crippen molar-refractivity contribution < 1.29 is 19.3 Å². The van der Waals surface area contributed by atoms with Gasteiger partial charge in [0.15, 0.2) is 0 Å². The molecule has 1 aromatic carbocycles. The highest BCUT2D eigenvalue weighted by molar-refractivity contribution is 5.22. The molecule has 1 aliphatic carbocycles. The van der Waals surface area contributed by atoms with Gasteiger partial charge in [-0.15, -0.1) is 0 Å². The molecule has 4 heteroatoms. The van der Waals surface area contributed by atoms with Crippen molar-refractivity contribution in [2.75, 3.05) is 13.2 Å². The van der Waals surface area contributed by atoms with Gasteiger partial charge in [0.05, 0.1) is 19.5 Å². The lowest BCUT2D eigenvalue weighted by atomic mass is 10.0. The van der Waals surface area contributed by atoms with E-state index >= 15 is 0 Å². The summed E-state index contributed by atoms with van der Waals surface area (Å²) in [6.07, 6.45) is 11.4. The average Bonchev–Trinajstić information content (AvgIpc) is 2.66. The predicted octanol–water partition coefficient (Wildman–Crippen LogP) is 4.97. The van der Waals surface area contributed by atoms with Gasteiger partial charge in [0.2, 0.25) is 5.79 Å². The van der Waals surface area contributed by atoms with Crippen LogP contribution in [0.15, 0.2) is 67.2 Å². The summed E-state index contributed by atoms with van der Waals surface area (Å²) in [5.41, 5.74) is 0. The Morgan fingerprint density at radius 2 is 1.96 bits per heavy atom. The second-order valence-corrected chi connectivity index (χ2v) is 6.57. The van der Waals surface area contributed by atoms with Crippen molar-refractivity contribution >= 4 is 0 Å². The van der Waals surface area contributed by atoms with E-state index in [1.54, 1.807) is 12.2 Å². The van der Waals surface area contributed by atoms with E-state index in [0.717, 1.165) is 17.9 Å². The molecular weight excluding hydrogens is 328 g/mol. The van der Waals surface area contributed by atoms with E-state index in [2.05, 4.69) is 13.5 Å². The lowest BCUT2D eigenvalue weighted by Crippen LogP contribution is -2.29. The van der Waals surface area contributed by atoms with E-state index in [0.29, 0.717) is 25.6 Å². The molecule has 0 saturated carbocycles. The second-order valence-electron chi connectivity index (χ2n) is 6.57. The monoisotopic (exact) mass is 358 g/mol. The number of ether oxygens (including phenoxy) is 3. The molecule has 0 bridgehead atoms. The van der Waals surface area contributed by atoms with Gasteiger partial charge in [-0.05, 0) is 36.8 Å². The van der Waals surface area contributed by atoms with Gasteiger partial charge < -0.3 is 19.3 Å². The molecule has 1 aliphatic rings. The molecule has 26 heavy (non-hydrogen) atoms. The Balaban J connectivity index is 1.83. The van der Waals surface area contributed by atoms with Crippen LogP contribution in [0.1, 0.15) is 39.0 Å². The zero-order valence-corrected chi connectivity index (χ0v) is 15.6. The van der Waals surface area contributed by atoms with E-state index in [1.807, 2.05) is 36.4 Å². The summed E-state index contributed by atoms with van der Waals surface area (Å²) in [7, 11) is 0. The minimum atomic E-state index is -1.31. The van der Waals surface area contributed by atoms with Crippen LogP contribution in [0, 0.1) is 5.92 Å². The first-order valence-electron chi connectivity index (χ1n) is 9.36. The average molecular weight is 358 g/mol. The Bertz CT molecular complexity index is 593. The molecule has 0 aliphatic heterocycles. The minimum Gasteiger partial charge on any atom is -0.494 e. The highest BCUT2D eigenvalue weighted by Crippen LogP contribution is 2.24.